The van der Waals surface area contributed by atoms with Crippen LogP contribution in [-0.4, -0.2) is 23.6 Å². The Morgan fingerprint density at radius 3 is 2.41 bits per heavy atom. The molecular weight excluding hydrogens is 320 g/mol. The van der Waals surface area contributed by atoms with Crippen LogP contribution in [0.15, 0.2) is 59.5 Å². The summed E-state index contributed by atoms with van der Waals surface area (Å²) in [5.74, 6) is -0.547. The first-order valence-corrected chi connectivity index (χ1v) is 8.10. The molecule has 0 spiro atoms. The molecule has 0 aliphatic carbocycles. The summed E-state index contributed by atoms with van der Waals surface area (Å²) < 4.78 is 5.18. The Labute approximate surface area is 138 Å². The highest BCUT2D eigenvalue weighted by Gasteiger charge is 2.19. The van der Waals surface area contributed by atoms with Gasteiger partial charge in [0.1, 0.15) is 0 Å². The lowest BCUT2D eigenvalue weighted by Gasteiger charge is -2.12. The van der Waals surface area contributed by atoms with Gasteiger partial charge in [-0.3, -0.25) is 9.59 Å². The maximum atomic E-state index is 12.1. The summed E-state index contributed by atoms with van der Waals surface area (Å²) in [5.41, 5.74) is 0.529. The molecule has 0 radical (unpaired) electrons. The zero-order chi connectivity index (χ0) is 15.9. The van der Waals surface area contributed by atoms with Gasteiger partial charge in [-0.1, -0.05) is 54.1 Å². The van der Waals surface area contributed by atoms with Gasteiger partial charge in [-0.15, -0.1) is 11.8 Å². The Balaban J connectivity index is 1.87. The fourth-order valence-corrected chi connectivity index (χ4v) is 2.84. The lowest BCUT2D eigenvalue weighted by atomic mass is 10.1. The topological polar surface area (TPSA) is 43.4 Å². The molecule has 0 fully saturated rings. The zero-order valence-corrected chi connectivity index (χ0v) is 13.6. The summed E-state index contributed by atoms with van der Waals surface area (Å²) >= 11 is 7.30. The zero-order valence-electron chi connectivity index (χ0n) is 12.0. The molecule has 0 aromatic heterocycles. The summed E-state index contributed by atoms with van der Waals surface area (Å²) in [6.45, 7) is 1.58. The highest BCUT2D eigenvalue weighted by molar-refractivity contribution is 8.00. The van der Waals surface area contributed by atoms with Crippen molar-refractivity contribution in [3.8, 4) is 0 Å². The predicted molar refractivity (Wildman–Crippen MR) is 88.5 cm³/mol. The van der Waals surface area contributed by atoms with E-state index in [0.29, 0.717) is 10.6 Å². The summed E-state index contributed by atoms with van der Waals surface area (Å²) in [4.78, 5) is 24.7. The van der Waals surface area contributed by atoms with Crippen LogP contribution in [0.25, 0.3) is 0 Å². The molecule has 0 aliphatic rings. The average molecular weight is 335 g/mol. The number of thioether (sulfide) groups is 1. The van der Waals surface area contributed by atoms with Crippen molar-refractivity contribution in [2.75, 3.05) is 5.75 Å². The Bertz CT molecular complexity index is 658. The number of carbonyl (C=O) groups excluding carboxylic acids is 2. The van der Waals surface area contributed by atoms with Crippen LogP contribution in [0, 0.1) is 0 Å². The smallest absolute Gasteiger partial charge is 0.316 e. The molecule has 2 rings (SSSR count). The average Bonchev–Trinajstić information content (AvgIpc) is 2.54. The number of halogens is 1. The molecule has 0 heterocycles. The number of hydrogen-bond acceptors (Lipinski definition) is 4. The van der Waals surface area contributed by atoms with Crippen molar-refractivity contribution in [2.45, 2.75) is 17.9 Å². The van der Waals surface area contributed by atoms with Crippen molar-refractivity contribution in [1.29, 1.82) is 0 Å². The molecule has 2 aromatic carbocycles. The van der Waals surface area contributed by atoms with Crippen LogP contribution < -0.4 is 0 Å². The molecule has 22 heavy (non-hydrogen) atoms. The standard InChI is InChI=1S/C17H15ClO3S/c1-12(17(20)13-7-3-2-4-8-13)21-16(19)11-22-15-10-6-5-9-14(15)18/h2-10,12H,11H2,1H3. The molecule has 0 aliphatic heterocycles. The summed E-state index contributed by atoms with van der Waals surface area (Å²) in [6.07, 6.45) is -0.804. The quantitative estimate of drug-likeness (QED) is 0.450. The van der Waals surface area contributed by atoms with E-state index in [0.717, 1.165) is 4.90 Å². The van der Waals surface area contributed by atoms with Gasteiger partial charge in [0.2, 0.25) is 5.78 Å². The van der Waals surface area contributed by atoms with E-state index >= 15 is 0 Å². The van der Waals surface area contributed by atoms with Gasteiger partial charge in [0, 0.05) is 10.5 Å². The molecule has 0 saturated carbocycles. The van der Waals surface area contributed by atoms with Crippen LogP contribution in [0.1, 0.15) is 17.3 Å². The second-order valence-electron chi connectivity index (χ2n) is 4.58. The van der Waals surface area contributed by atoms with Crippen molar-refractivity contribution in [1.82, 2.24) is 0 Å². The summed E-state index contributed by atoms with van der Waals surface area (Å²) in [6, 6.07) is 16.0. The predicted octanol–water partition coefficient (Wildman–Crippen LogP) is 4.25. The summed E-state index contributed by atoms with van der Waals surface area (Å²) in [5, 5.41) is 0.591. The van der Waals surface area contributed by atoms with Gasteiger partial charge in [-0.25, -0.2) is 0 Å². The fourth-order valence-electron chi connectivity index (χ4n) is 1.82. The molecule has 1 atom stereocenters. The molecule has 0 N–H and O–H groups in total. The van der Waals surface area contributed by atoms with Gasteiger partial charge < -0.3 is 4.74 Å². The normalized spacial score (nSPS) is 11.7. The van der Waals surface area contributed by atoms with Crippen molar-refractivity contribution >= 4 is 35.1 Å². The van der Waals surface area contributed by atoms with Gasteiger partial charge >= 0.3 is 5.97 Å². The minimum atomic E-state index is -0.804. The number of carbonyl (C=O) groups is 2. The largest absolute Gasteiger partial charge is 0.454 e. The molecule has 0 bridgehead atoms. The van der Waals surface area contributed by atoms with Crippen molar-refractivity contribution in [2.24, 2.45) is 0 Å². The van der Waals surface area contributed by atoms with E-state index in [4.69, 9.17) is 16.3 Å². The van der Waals surface area contributed by atoms with Crippen LogP contribution in [0.4, 0.5) is 0 Å². The van der Waals surface area contributed by atoms with Crippen LogP contribution in [-0.2, 0) is 9.53 Å². The maximum absolute atomic E-state index is 12.1. The number of benzene rings is 2. The third-order valence-electron chi connectivity index (χ3n) is 2.92. The Hall–Kier alpha value is -1.78. The second kappa shape index (κ2) is 8.01. The van der Waals surface area contributed by atoms with Crippen molar-refractivity contribution in [3.63, 3.8) is 0 Å². The van der Waals surface area contributed by atoms with Crippen LogP contribution >= 0.6 is 23.4 Å². The van der Waals surface area contributed by atoms with E-state index in [1.165, 1.54) is 11.8 Å². The highest BCUT2D eigenvalue weighted by atomic mass is 35.5. The van der Waals surface area contributed by atoms with Gasteiger partial charge in [-0.05, 0) is 19.1 Å². The van der Waals surface area contributed by atoms with E-state index in [2.05, 4.69) is 0 Å². The lowest BCUT2D eigenvalue weighted by Crippen LogP contribution is -2.25. The molecular formula is C17H15ClO3S. The lowest BCUT2D eigenvalue weighted by molar-refractivity contribution is -0.143. The molecule has 3 nitrogen and oxygen atoms in total. The Morgan fingerprint density at radius 2 is 1.73 bits per heavy atom. The first-order valence-electron chi connectivity index (χ1n) is 6.74. The summed E-state index contributed by atoms with van der Waals surface area (Å²) in [7, 11) is 0. The molecule has 1 unspecified atom stereocenters. The van der Waals surface area contributed by atoms with E-state index in [9.17, 15) is 9.59 Å². The Morgan fingerprint density at radius 1 is 1.09 bits per heavy atom. The van der Waals surface area contributed by atoms with Gasteiger partial charge in [0.05, 0.1) is 10.8 Å². The SMILES string of the molecule is CC(OC(=O)CSc1ccccc1Cl)C(=O)c1ccccc1. The molecule has 0 saturated heterocycles. The number of ketones is 1. The number of rotatable bonds is 6. The molecule has 5 heteroatoms. The number of esters is 1. The van der Waals surface area contributed by atoms with Crippen molar-refractivity contribution < 1.29 is 14.3 Å². The fraction of sp³-hybridized carbons (Fsp3) is 0.176. The highest BCUT2D eigenvalue weighted by Crippen LogP contribution is 2.26. The van der Waals surface area contributed by atoms with Gasteiger partial charge in [-0.2, -0.15) is 0 Å². The Kier molecular flexibility index (Phi) is 6.04. The van der Waals surface area contributed by atoms with Crippen molar-refractivity contribution in [3.05, 3.63) is 65.2 Å². The van der Waals surface area contributed by atoms with E-state index in [1.54, 1.807) is 37.3 Å². The van der Waals surface area contributed by atoms with E-state index < -0.39 is 12.1 Å². The van der Waals surface area contributed by atoms with E-state index in [-0.39, 0.29) is 11.5 Å². The third-order valence-corrected chi connectivity index (χ3v) is 4.41. The second-order valence-corrected chi connectivity index (χ2v) is 6.01. The van der Waals surface area contributed by atoms with Crippen LogP contribution in [0.5, 0.6) is 0 Å². The number of Topliss-reactive ketones (excluding diaryl/α,β-unsaturated/α-hetero) is 1. The first-order chi connectivity index (χ1) is 10.6. The van der Waals surface area contributed by atoms with E-state index in [1.807, 2.05) is 24.3 Å². The number of hydrogen-bond donors (Lipinski definition) is 0. The molecule has 114 valence electrons. The number of ether oxygens (including phenoxy) is 1. The van der Waals surface area contributed by atoms with Crippen LogP contribution in [0.3, 0.4) is 0 Å². The monoisotopic (exact) mass is 334 g/mol. The van der Waals surface area contributed by atoms with Gasteiger partial charge in [0.25, 0.3) is 0 Å². The van der Waals surface area contributed by atoms with Crippen LogP contribution in [0.2, 0.25) is 5.02 Å². The first kappa shape index (κ1) is 16.6. The molecule has 0 amide bonds. The third kappa shape index (κ3) is 4.61. The minimum Gasteiger partial charge on any atom is -0.454 e. The van der Waals surface area contributed by atoms with Gasteiger partial charge in [0.15, 0.2) is 6.10 Å². The molecule has 2 aromatic rings. The maximum Gasteiger partial charge on any atom is 0.316 e. The minimum absolute atomic E-state index is 0.107.